The van der Waals surface area contributed by atoms with Crippen molar-refractivity contribution in [3.05, 3.63) is 95.3 Å². The Morgan fingerprint density at radius 2 is 1.48 bits per heavy atom. The smallest absolute Gasteiger partial charge is 0.161 e. The molecule has 0 atom stereocenters. The molecule has 2 nitrogen and oxygen atoms in total. The molecule has 0 aliphatic rings. The summed E-state index contributed by atoms with van der Waals surface area (Å²) in [5, 5.41) is 6.05. The Morgan fingerprint density at radius 1 is 0.759 bits per heavy atom. The van der Waals surface area contributed by atoms with Crippen molar-refractivity contribution in [3.63, 3.8) is 0 Å². The Bertz CT molecular complexity index is 1420. The summed E-state index contributed by atoms with van der Waals surface area (Å²) in [6.07, 6.45) is 1.88. The van der Waals surface area contributed by atoms with Crippen LogP contribution in [0.4, 0.5) is 0 Å². The fourth-order valence-corrected chi connectivity index (χ4v) is 4.05. The van der Waals surface area contributed by atoms with Crippen LogP contribution in [-0.2, 0) is 0 Å². The Hall–Kier alpha value is -3.49. The third-order valence-electron chi connectivity index (χ3n) is 5.21. The van der Waals surface area contributed by atoms with Crippen molar-refractivity contribution < 1.29 is 0 Å². The average Bonchev–Trinajstić information content (AvgIpc) is 2.76. The zero-order chi connectivity index (χ0) is 20.0. The van der Waals surface area contributed by atoms with Crippen LogP contribution in [0.3, 0.4) is 0 Å². The van der Waals surface area contributed by atoms with Gasteiger partial charge in [-0.25, -0.2) is 9.97 Å². The lowest BCUT2D eigenvalue weighted by Crippen LogP contribution is -2.01. The predicted molar refractivity (Wildman–Crippen MR) is 124 cm³/mol. The van der Waals surface area contributed by atoms with Crippen LogP contribution < -0.4 is 5.22 Å². The van der Waals surface area contributed by atoms with Gasteiger partial charge in [0.15, 0.2) is 5.82 Å². The van der Waals surface area contributed by atoms with E-state index in [0.29, 0.717) is 11.0 Å². The van der Waals surface area contributed by atoms with Gasteiger partial charge in [-0.2, -0.15) is 0 Å². The molecule has 0 N–H and O–H groups in total. The van der Waals surface area contributed by atoms with Crippen molar-refractivity contribution in [1.29, 1.82) is 0 Å². The van der Waals surface area contributed by atoms with E-state index in [1.807, 2.05) is 42.5 Å². The van der Waals surface area contributed by atoms with E-state index in [0.717, 1.165) is 43.8 Å². The first kappa shape index (κ1) is 17.6. The maximum Gasteiger partial charge on any atom is 0.161 e. The van der Waals surface area contributed by atoms with Crippen LogP contribution in [0.1, 0.15) is 5.56 Å². The van der Waals surface area contributed by atoms with E-state index in [-0.39, 0.29) is 0 Å². The van der Waals surface area contributed by atoms with Gasteiger partial charge in [-0.1, -0.05) is 85.4 Å². The predicted octanol–water partition coefficient (Wildman–Crippen LogP) is 6.54. The second-order valence-electron chi connectivity index (χ2n) is 7.02. The molecule has 0 fully saturated rings. The molecule has 0 saturated heterocycles. The molecule has 0 radical (unpaired) electrons. The summed E-state index contributed by atoms with van der Waals surface area (Å²) in [7, 11) is 0. The maximum atomic E-state index is 6.35. The van der Waals surface area contributed by atoms with Crippen molar-refractivity contribution in [2.75, 3.05) is 0 Å². The van der Waals surface area contributed by atoms with Gasteiger partial charge in [0, 0.05) is 17.2 Å². The normalized spacial score (nSPS) is 11.2. The number of nitrogens with zero attached hydrogens (tertiary/aromatic N) is 2. The summed E-state index contributed by atoms with van der Waals surface area (Å²) in [4.78, 5) is 9.20. The van der Waals surface area contributed by atoms with Gasteiger partial charge < -0.3 is 0 Å². The van der Waals surface area contributed by atoms with Gasteiger partial charge in [-0.05, 0) is 44.5 Å². The molecule has 5 aromatic rings. The molecule has 0 bridgehead atoms. The summed E-state index contributed by atoms with van der Waals surface area (Å²) < 4.78 is 0. The number of hydrogen-bond acceptors (Lipinski definition) is 2. The lowest BCUT2D eigenvalue weighted by Gasteiger charge is -2.12. The topological polar surface area (TPSA) is 25.8 Å². The first-order valence-electron chi connectivity index (χ1n) is 9.35. The number of halogens is 1. The molecule has 3 heteroatoms. The maximum absolute atomic E-state index is 6.35. The van der Waals surface area contributed by atoms with Gasteiger partial charge in [0.1, 0.15) is 5.15 Å². The minimum Gasteiger partial charge on any atom is -0.228 e. The van der Waals surface area contributed by atoms with Crippen molar-refractivity contribution in [3.8, 4) is 22.6 Å². The second-order valence-corrected chi connectivity index (χ2v) is 7.41. The van der Waals surface area contributed by atoms with E-state index in [2.05, 4.69) is 54.5 Å². The third kappa shape index (κ3) is 2.98. The summed E-state index contributed by atoms with van der Waals surface area (Å²) in [5.74, 6) is 0.619. The van der Waals surface area contributed by atoms with Crippen molar-refractivity contribution in [2.45, 2.75) is 0 Å². The number of benzene rings is 4. The number of rotatable bonds is 3. The van der Waals surface area contributed by atoms with E-state index in [9.17, 15) is 0 Å². The van der Waals surface area contributed by atoms with Crippen LogP contribution in [-0.4, -0.2) is 9.97 Å². The Morgan fingerprint density at radius 3 is 2.21 bits per heavy atom. The minimum absolute atomic E-state index is 0.425. The molecule has 0 aliphatic carbocycles. The van der Waals surface area contributed by atoms with E-state index >= 15 is 0 Å². The number of hydrogen-bond donors (Lipinski definition) is 0. The average molecular weight is 393 g/mol. The standard InChI is InChI=1S/C26H17ClN2/c1-3-17-11-12-20-14-21(13-19-10-9-16(2)24(17)25(19)20)22-15-23(27)29-26(28-22)18-7-5-4-6-8-18/h3-15H,1-2H2. The highest BCUT2D eigenvalue weighted by Gasteiger charge is 2.12. The van der Waals surface area contributed by atoms with E-state index < -0.39 is 0 Å². The summed E-state index contributed by atoms with van der Waals surface area (Å²) in [6, 6.07) is 24.3. The molecule has 138 valence electrons. The van der Waals surface area contributed by atoms with E-state index in [1.54, 1.807) is 0 Å². The molecule has 0 amide bonds. The molecule has 0 aliphatic heterocycles. The third-order valence-corrected chi connectivity index (χ3v) is 5.40. The van der Waals surface area contributed by atoms with Crippen molar-refractivity contribution >= 4 is 45.8 Å². The van der Waals surface area contributed by atoms with Crippen molar-refractivity contribution in [2.24, 2.45) is 0 Å². The Balaban J connectivity index is 1.77. The molecular weight excluding hydrogens is 376 g/mol. The summed E-state index contributed by atoms with van der Waals surface area (Å²) in [6.45, 7) is 8.16. The summed E-state index contributed by atoms with van der Waals surface area (Å²) >= 11 is 6.35. The quantitative estimate of drug-likeness (QED) is 0.326. The van der Waals surface area contributed by atoms with Gasteiger partial charge in [-0.15, -0.1) is 0 Å². The SMILES string of the molecule is C=Cc1ccc2cc(-c3cc(Cl)nc(-c4ccccc4)n3)cc3ccc(=C)c1c23. The monoisotopic (exact) mass is 392 g/mol. The van der Waals surface area contributed by atoms with Gasteiger partial charge >= 0.3 is 0 Å². The largest absolute Gasteiger partial charge is 0.228 e. The second kappa shape index (κ2) is 6.84. The lowest BCUT2D eigenvalue weighted by atomic mass is 9.93. The molecule has 0 saturated carbocycles. The number of aromatic nitrogens is 2. The molecule has 4 aromatic carbocycles. The molecule has 29 heavy (non-hydrogen) atoms. The van der Waals surface area contributed by atoms with Gasteiger partial charge in [0.2, 0.25) is 0 Å². The zero-order valence-corrected chi connectivity index (χ0v) is 16.4. The van der Waals surface area contributed by atoms with E-state index in [4.69, 9.17) is 16.6 Å². The van der Waals surface area contributed by atoms with Gasteiger partial charge in [0.05, 0.1) is 5.69 Å². The highest BCUT2D eigenvalue weighted by Crippen LogP contribution is 2.33. The summed E-state index contributed by atoms with van der Waals surface area (Å²) in [5.41, 5.74) is 3.84. The first-order chi connectivity index (χ1) is 14.1. The zero-order valence-electron chi connectivity index (χ0n) is 15.7. The Labute approximate surface area is 173 Å². The first-order valence-corrected chi connectivity index (χ1v) is 9.73. The van der Waals surface area contributed by atoms with Crippen LogP contribution >= 0.6 is 11.6 Å². The highest BCUT2D eigenvalue weighted by molar-refractivity contribution is 6.29. The van der Waals surface area contributed by atoms with Crippen LogP contribution in [0.25, 0.3) is 56.8 Å². The molecule has 1 heterocycles. The van der Waals surface area contributed by atoms with Gasteiger partial charge in [0.25, 0.3) is 0 Å². The highest BCUT2D eigenvalue weighted by atomic mass is 35.5. The van der Waals surface area contributed by atoms with E-state index in [1.165, 1.54) is 5.39 Å². The molecular formula is C26H17ClN2. The molecule has 1 aromatic heterocycles. The van der Waals surface area contributed by atoms with Crippen LogP contribution in [0, 0.1) is 0 Å². The molecule has 5 rings (SSSR count). The fraction of sp³-hybridized carbons (Fsp3) is 0. The van der Waals surface area contributed by atoms with Crippen molar-refractivity contribution in [1.82, 2.24) is 9.97 Å². The lowest BCUT2D eigenvalue weighted by molar-refractivity contribution is 1.18. The Kier molecular flexibility index (Phi) is 4.15. The van der Waals surface area contributed by atoms with Gasteiger partial charge in [-0.3, -0.25) is 0 Å². The fourth-order valence-electron chi connectivity index (χ4n) is 3.87. The minimum atomic E-state index is 0.425. The molecule has 0 unspecified atom stereocenters. The van der Waals surface area contributed by atoms with Crippen LogP contribution in [0.5, 0.6) is 0 Å². The van der Waals surface area contributed by atoms with Crippen LogP contribution in [0.15, 0.2) is 79.4 Å². The molecule has 0 spiro atoms. The van der Waals surface area contributed by atoms with Crippen LogP contribution in [0.2, 0.25) is 5.15 Å².